The molecule has 5 heterocycles. The summed E-state index contributed by atoms with van der Waals surface area (Å²) in [5, 5.41) is 2.02. The highest BCUT2D eigenvalue weighted by Gasteiger charge is 2.26. The number of carbonyl (C=O) groups excluding carboxylic acids is 1. The first-order valence-corrected chi connectivity index (χ1v) is 13.9. The highest BCUT2D eigenvalue weighted by Crippen LogP contribution is 2.32. The van der Waals surface area contributed by atoms with Gasteiger partial charge in [0.1, 0.15) is 10.4 Å². The van der Waals surface area contributed by atoms with Gasteiger partial charge in [0.25, 0.3) is 5.91 Å². The lowest BCUT2D eigenvalue weighted by Crippen LogP contribution is -2.44. The quantitative estimate of drug-likeness (QED) is 0.441. The molecule has 3 aromatic heterocycles. The fourth-order valence-corrected chi connectivity index (χ4v) is 6.64. The number of rotatable bonds is 3. The molecule has 0 unspecified atom stereocenters. The largest absolute Gasteiger partial charge is 0.353 e. The predicted octanol–water partition coefficient (Wildman–Crippen LogP) is 3.86. The van der Waals surface area contributed by atoms with E-state index in [1.807, 2.05) is 38.6 Å². The summed E-state index contributed by atoms with van der Waals surface area (Å²) in [6.45, 7) is 4.61. The van der Waals surface area contributed by atoms with Gasteiger partial charge in [-0.05, 0) is 51.1 Å². The number of thiazole rings is 1. The summed E-state index contributed by atoms with van der Waals surface area (Å²) in [6, 6.07) is 9.04. The van der Waals surface area contributed by atoms with E-state index in [0.717, 1.165) is 68.5 Å². The zero-order chi connectivity index (χ0) is 25.5. The molecule has 0 atom stereocenters. The third kappa shape index (κ3) is 4.47. The number of amides is 1. The summed E-state index contributed by atoms with van der Waals surface area (Å²) in [4.78, 5) is 36.8. The molecule has 0 spiro atoms. The van der Waals surface area contributed by atoms with Crippen molar-refractivity contribution >= 4 is 49.1 Å². The normalized spacial score (nSPS) is 18.4. The van der Waals surface area contributed by atoms with Gasteiger partial charge < -0.3 is 9.80 Å². The van der Waals surface area contributed by atoms with Gasteiger partial charge in [0.05, 0.1) is 15.6 Å². The molecule has 37 heavy (non-hydrogen) atoms. The van der Waals surface area contributed by atoms with E-state index in [-0.39, 0.29) is 16.8 Å². The van der Waals surface area contributed by atoms with Gasteiger partial charge in [0, 0.05) is 32.7 Å². The Hall–Kier alpha value is -3.08. The molecule has 8 nitrogen and oxygen atoms in total. The highest BCUT2D eigenvalue weighted by molar-refractivity contribution is 7.24. The summed E-state index contributed by atoms with van der Waals surface area (Å²) in [6.07, 6.45) is 5.17. The summed E-state index contributed by atoms with van der Waals surface area (Å²) in [7, 11) is 2.06. The molecule has 2 fully saturated rings. The number of para-hydroxylation sites is 1. The van der Waals surface area contributed by atoms with Gasteiger partial charge in [-0.25, -0.2) is 14.4 Å². The van der Waals surface area contributed by atoms with Crippen molar-refractivity contribution in [2.45, 2.75) is 32.1 Å². The van der Waals surface area contributed by atoms with Crippen LogP contribution in [0.2, 0.25) is 0 Å². The van der Waals surface area contributed by atoms with E-state index in [4.69, 9.17) is 4.98 Å². The number of nitrogens with zero attached hydrogens (tertiary/aromatic N) is 5. The minimum atomic E-state index is -0.535. The summed E-state index contributed by atoms with van der Waals surface area (Å²) >= 11 is 1.39. The number of fused-ring (bicyclic) bond motifs is 5. The Labute approximate surface area is 218 Å². The third-order valence-electron chi connectivity index (χ3n) is 7.46. The third-order valence-corrected chi connectivity index (χ3v) is 8.61. The molecule has 10 heteroatoms. The average Bonchev–Trinajstić information content (AvgIpc) is 3.02. The van der Waals surface area contributed by atoms with Gasteiger partial charge in [-0.3, -0.25) is 19.4 Å². The van der Waals surface area contributed by atoms with Crippen LogP contribution in [0.1, 0.15) is 42.5 Å². The first-order valence-electron chi connectivity index (χ1n) is 13.1. The van der Waals surface area contributed by atoms with Crippen LogP contribution in [-0.2, 0) is 0 Å². The Bertz CT molecular complexity index is 1540. The molecule has 4 aromatic rings. The first kappa shape index (κ1) is 24.3. The monoisotopic (exact) mass is 522 g/mol. The molecule has 1 N–H and O–H groups in total. The number of halogens is 1. The fraction of sp³-hybridized carbons (Fsp3) is 0.444. The van der Waals surface area contributed by atoms with Crippen LogP contribution in [0.3, 0.4) is 0 Å². The van der Waals surface area contributed by atoms with Crippen LogP contribution in [0.5, 0.6) is 0 Å². The Kier molecular flexibility index (Phi) is 6.56. The van der Waals surface area contributed by atoms with Crippen LogP contribution < -0.4 is 15.8 Å². The van der Waals surface area contributed by atoms with Crippen LogP contribution in [0.25, 0.3) is 26.1 Å². The zero-order valence-corrected chi connectivity index (χ0v) is 21.8. The van der Waals surface area contributed by atoms with E-state index in [9.17, 15) is 9.59 Å². The molecule has 0 aliphatic carbocycles. The van der Waals surface area contributed by atoms with Crippen molar-refractivity contribution in [2.75, 3.05) is 51.2 Å². The van der Waals surface area contributed by atoms with Crippen molar-refractivity contribution in [3.05, 3.63) is 51.9 Å². The van der Waals surface area contributed by atoms with Gasteiger partial charge in [-0.15, -0.1) is 11.3 Å². The lowest BCUT2D eigenvalue weighted by molar-refractivity contribution is 0.0795. The van der Waals surface area contributed by atoms with Gasteiger partial charge in [-0.1, -0.05) is 25.0 Å². The van der Waals surface area contributed by atoms with Crippen molar-refractivity contribution in [2.24, 2.45) is 0 Å². The number of hydrogen-bond donors (Lipinski definition) is 1. The maximum absolute atomic E-state index is 15.5. The second-order valence-electron chi connectivity index (χ2n) is 10.1. The molecule has 2 saturated heterocycles. The molecule has 2 aliphatic heterocycles. The van der Waals surface area contributed by atoms with Crippen molar-refractivity contribution < 1.29 is 9.18 Å². The van der Waals surface area contributed by atoms with Crippen LogP contribution in [0, 0.1) is 5.82 Å². The molecule has 0 bridgehead atoms. The Morgan fingerprint density at radius 1 is 1.00 bits per heavy atom. The maximum atomic E-state index is 15.5. The second kappa shape index (κ2) is 10.00. The second-order valence-corrected chi connectivity index (χ2v) is 11.1. The minimum Gasteiger partial charge on any atom is -0.353 e. The lowest BCUT2D eigenvalue weighted by Gasteiger charge is -2.23. The standard InChI is InChI=1S/C27H31FN6O2S/c1-31-11-8-12-32(16-15-31)25-19(28)17-18-23(35)22(26(36)30-33-13-6-2-3-7-14-33)27-34(24(18)29-25)20-9-4-5-10-21(20)37-27/h4-5,9-10,17H,2-3,6-8,11-16H2,1H3,(H,30,36). The zero-order valence-electron chi connectivity index (χ0n) is 21.0. The number of carbonyl (C=O) groups is 1. The highest BCUT2D eigenvalue weighted by atomic mass is 32.1. The van der Waals surface area contributed by atoms with Crippen molar-refractivity contribution in [1.82, 2.24) is 24.7 Å². The molecule has 0 radical (unpaired) electrons. The van der Waals surface area contributed by atoms with Gasteiger partial charge >= 0.3 is 0 Å². The number of likely N-dealkylation sites (N-methyl/N-ethyl adjacent to an activating group) is 1. The van der Waals surface area contributed by atoms with Crippen molar-refractivity contribution in [1.29, 1.82) is 0 Å². The van der Waals surface area contributed by atoms with Crippen LogP contribution in [-0.4, -0.2) is 71.5 Å². The topological polar surface area (TPSA) is 73.2 Å². The fourth-order valence-electron chi connectivity index (χ4n) is 5.46. The van der Waals surface area contributed by atoms with Crippen LogP contribution in [0.15, 0.2) is 35.1 Å². The molecule has 6 rings (SSSR count). The lowest BCUT2D eigenvalue weighted by atomic mass is 10.1. The van der Waals surface area contributed by atoms with Gasteiger partial charge in [0.2, 0.25) is 5.43 Å². The average molecular weight is 523 g/mol. The van der Waals surface area contributed by atoms with E-state index in [0.29, 0.717) is 23.6 Å². The molecular formula is C27H31FN6O2S. The van der Waals surface area contributed by atoms with E-state index in [1.165, 1.54) is 17.4 Å². The van der Waals surface area contributed by atoms with E-state index >= 15 is 4.39 Å². The van der Waals surface area contributed by atoms with E-state index in [2.05, 4.69) is 17.4 Å². The number of anilines is 1. The minimum absolute atomic E-state index is 0.0447. The predicted molar refractivity (Wildman–Crippen MR) is 146 cm³/mol. The molecule has 194 valence electrons. The maximum Gasteiger partial charge on any atom is 0.272 e. The van der Waals surface area contributed by atoms with Crippen LogP contribution >= 0.6 is 11.3 Å². The molecule has 1 amide bonds. The molecule has 2 aliphatic rings. The molecule has 1 aromatic carbocycles. The molecular weight excluding hydrogens is 491 g/mol. The summed E-state index contributed by atoms with van der Waals surface area (Å²) in [5.41, 5.74) is 3.76. The Morgan fingerprint density at radius 2 is 1.78 bits per heavy atom. The smallest absolute Gasteiger partial charge is 0.272 e. The number of aromatic nitrogens is 2. The van der Waals surface area contributed by atoms with E-state index < -0.39 is 17.2 Å². The Balaban J connectivity index is 1.54. The van der Waals surface area contributed by atoms with Crippen molar-refractivity contribution in [3.8, 4) is 0 Å². The number of nitrogens with one attached hydrogen (secondary N) is 1. The summed E-state index contributed by atoms with van der Waals surface area (Å²) < 4.78 is 18.3. The SMILES string of the molecule is CN1CCCN(c2nc3c(cc2F)c(=O)c(C(=O)NN2CCCCCC2)c2sc4ccccc4n23)CC1. The number of benzene rings is 1. The summed E-state index contributed by atoms with van der Waals surface area (Å²) in [5.74, 6) is -0.724. The van der Waals surface area contributed by atoms with Crippen molar-refractivity contribution in [3.63, 3.8) is 0 Å². The van der Waals surface area contributed by atoms with Gasteiger partial charge in [0.15, 0.2) is 17.3 Å². The Morgan fingerprint density at radius 3 is 2.59 bits per heavy atom. The number of hydrogen-bond acceptors (Lipinski definition) is 7. The number of hydrazine groups is 1. The van der Waals surface area contributed by atoms with Crippen LogP contribution in [0.4, 0.5) is 10.2 Å². The number of pyridine rings is 2. The molecule has 0 saturated carbocycles. The first-order chi connectivity index (χ1) is 18.0. The van der Waals surface area contributed by atoms with Gasteiger partial charge in [-0.2, -0.15) is 0 Å². The van der Waals surface area contributed by atoms with E-state index in [1.54, 1.807) is 0 Å².